The van der Waals surface area contributed by atoms with Gasteiger partial charge in [0, 0.05) is 22.2 Å². The Kier molecular flexibility index (Phi) is 6.94. The number of aromatic nitrogens is 1. The molecule has 0 bridgehead atoms. The minimum absolute atomic E-state index is 0.115. The zero-order chi connectivity index (χ0) is 23.4. The molecule has 3 heterocycles. The zero-order valence-electron chi connectivity index (χ0n) is 18.0. The topological polar surface area (TPSA) is 128 Å². The Balaban J connectivity index is 1.73. The molecule has 3 rings (SSSR count). The highest BCUT2D eigenvalue weighted by Crippen LogP contribution is 2.36. The van der Waals surface area contributed by atoms with E-state index >= 15 is 0 Å². The van der Waals surface area contributed by atoms with Crippen molar-refractivity contribution in [2.75, 3.05) is 18.5 Å². The van der Waals surface area contributed by atoms with E-state index < -0.39 is 24.5 Å². The summed E-state index contributed by atoms with van der Waals surface area (Å²) >= 11 is 1.12. The van der Waals surface area contributed by atoms with Crippen LogP contribution in [0.15, 0.2) is 28.2 Å². The molecule has 0 saturated heterocycles. The highest BCUT2D eigenvalue weighted by molar-refractivity contribution is 7.15. The fourth-order valence-electron chi connectivity index (χ4n) is 3.32. The van der Waals surface area contributed by atoms with E-state index in [1.54, 1.807) is 38.3 Å². The molecular weight excluding hydrogens is 436 g/mol. The maximum absolute atomic E-state index is 12.5. The number of aromatic amines is 1. The Morgan fingerprint density at radius 1 is 1.12 bits per heavy atom. The van der Waals surface area contributed by atoms with Crippen molar-refractivity contribution in [3.63, 3.8) is 0 Å². The van der Waals surface area contributed by atoms with Crippen LogP contribution < -0.4 is 5.32 Å². The van der Waals surface area contributed by atoms with Crippen molar-refractivity contribution in [2.45, 2.75) is 27.7 Å². The van der Waals surface area contributed by atoms with E-state index in [0.717, 1.165) is 11.3 Å². The zero-order valence-corrected chi connectivity index (χ0v) is 18.8. The number of hydrogen-bond donors (Lipinski definition) is 2. The van der Waals surface area contributed by atoms with E-state index in [1.165, 1.54) is 13.2 Å². The Morgan fingerprint density at radius 3 is 2.47 bits per heavy atom. The fourth-order valence-corrected chi connectivity index (χ4v) is 4.27. The van der Waals surface area contributed by atoms with Gasteiger partial charge in [-0.1, -0.05) is 0 Å². The predicted molar refractivity (Wildman–Crippen MR) is 117 cm³/mol. The van der Waals surface area contributed by atoms with Gasteiger partial charge in [0.15, 0.2) is 12.4 Å². The van der Waals surface area contributed by atoms with Crippen molar-refractivity contribution in [1.29, 1.82) is 0 Å². The molecule has 3 aromatic rings. The molecule has 0 unspecified atom stereocenters. The van der Waals surface area contributed by atoms with Gasteiger partial charge in [-0.2, -0.15) is 0 Å². The van der Waals surface area contributed by atoms with Crippen LogP contribution in [0, 0.1) is 13.8 Å². The number of carbonyl (C=O) groups excluding carboxylic acids is 4. The highest BCUT2D eigenvalue weighted by Gasteiger charge is 2.25. The second kappa shape index (κ2) is 9.65. The quantitative estimate of drug-likeness (QED) is 0.384. The Bertz CT molecular complexity index is 1170. The Morgan fingerprint density at radius 2 is 1.88 bits per heavy atom. The van der Waals surface area contributed by atoms with Crippen LogP contribution in [0.25, 0.3) is 11.3 Å². The SMILES string of the molecule is CCOC(=O)c1c(-c2ccco2)csc1NC(=O)COC(=O)c1[nH]c(C)c(C(C)=O)c1C. The Labute approximate surface area is 187 Å². The van der Waals surface area contributed by atoms with Crippen LogP contribution in [0.4, 0.5) is 5.00 Å². The van der Waals surface area contributed by atoms with Gasteiger partial charge in [0.1, 0.15) is 22.0 Å². The average molecular weight is 458 g/mol. The van der Waals surface area contributed by atoms with Gasteiger partial charge in [-0.25, -0.2) is 9.59 Å². The maximum atomic E-state index is 12.5. The van der Waals surface area contributed by atoms with E-state index in [-0.39, 0.29) is 28.6 Å². The third kappa shape index (κ3) is 4.65. The molecule has 0 aromatic carbocycles. The van der Waals surface area contributed by atoms with Crippen molar-refractivity contribution >= 4 is 40.0 Å². The molecule has 0 atom stereocenters. The smallest absolute Gasteiger partial charge is 0.355 e. The van der Waals surface area contributed by atoms with Crippen LogP contribution in [0.5, 0.6) is 0 Å². The van der Waals surface area contributed by atoms with E-state index in [2.05, 4.69) is 10.3 Å². The normalized spacial score (nSPS) is 10.6. The standard InChI is InChI=1S/C22H22N2O7S/c1-5-29-21(27)18-14(15-7-6-8-30-15)10-32-20(18)24-16(26)9-31-22(28)19-11(2)17(13(4)25)12(3)23-19/h6-8,10,23H,5,9H2,1-4H3,(H,24,26). The lowest BCUT2D eigenvalue weighted by Crippen LogP contribution is -2.22. The number of nitrogens with one attached hydrogen (secondary N) is 2. The summed E-state index contributed by atoms with van der Waals surface area (Å²) in [4.78, 5) is 51.9. The monoisotopic (exact) mass is 458 g/mol. The van der Waals surface area contributed by atoms with E-state index in [0.29, 0.717) is 28.1 Å². The molecule has 0 fully saturated rings. The third-order valence-electron chi connectivity index (χ3n) is 4.64. The number of thiophene rings is 1. The number of aryl methyl sites for hydroxylation is 1. The summed E-state index contributed by atoms with van der Waals surface area (Å²) in [6, 6.07) is 3.37. The average Bonchev–Trinajstić information content (AvgIpc) is 3.45. The number of amides is 1. The van der Waals surface area contributed by atoms with Crippen molar-refractivity contribution < 1.29 is 33.1 Å². The van der Waals surface area contributed by atoms with Gasteiger partial charge >= 0.3 is 11.9 Å². The van der Waals surface area contributed by atoms with Crippen LogP contribution in [-0.4, -0.2) is 41.8 Å². The van der Waals surface area contributed by atoms with Crippen LogP contribution in [0.3, 0.4) is 0 Å². The number of esters is 2. The molecule has 9 nitrogen and oxygen atoms in total. The van der Waals surface area contributed by atoms with Crippen molar-refractivity contribution in [1.82, 2.24) is 4.98 Å². The second-order valence-corrected chi connectivity index (χ2v) is 7.74. The lowest BCUT2D eigenvalue weighted by atomic mass is 10.1. The molecule has 0 aliphatic rings. The lowest BCUT2D eigenvalue weighted by Gasteiger charge is -2.08. The van der Waals surface area contributed by atoms with Crippen LogP contribution in [-0.2, 0) is 14.3 Å². The second-order valence-electron chi connectivity index (χ2n) is 6.86. The van der Waals surface area contributed by atoms with Gasteiger partial charge in [0.2, 0.25) is 0 Å². The van der Waals surface area contributed by atoms with Crippen molar-refractivity contribution in [3.8, 4) is 11.3 Å². The number of furan rings is 1. The highest BCUT2D eigenvalue weighted by atomic mass is 32.1. The molecule has 3 aromatic heterocycles. The lowest BCUT2D eigenvalue weighted by molar-refractivity contribution is -0.119. The third-order valence-corrected chi connectivity index (χ3v) is 5.53. The number of Topliss-reactive ketones (excluding diaryl/α,β-unsaturated/α-hetero) is 1. The number of anilines is 1. The number of H-pyrrole nitrogens is 1. The molecule has 0 aliphatic carbocycles. The molecule has 0 spiro atoms. The first kappa shape index (κ1) is 23.0. The summed E-state index contributed by atoms with van der Waals surface area (Å²) < 4.78 is 15.6. The van der Waals surface area contributed by atoms with Crippen LogP contribution in [0.1, 0.15) is 56.3 Å². The molecule has 10 heteroatoms. The molecule has 2 N–H and O–H groups in total. The van der Waals surface area contributed by atoms with E-state index in [4.69, 9.17) is 13.9 Å². The molecule has 0 radical (unpaired) electrons. The van der Waals surface area contributed by atoms with Gasteiger partial charge < -0.3 is 24.2 Å². The van der Waals surface area contributed by atoms with Gasteiger partial charge in [0.25, 0.3) is 5.91 Å². The molecule has 32 heavy (non-hydrogen) atoms. The molecule has 1 amide bonds. The molecule has 0 aliphatic heterocycles. The number of hydrogen-bond acceptors (Lipinski definition) is 8. The van der Waals surface area contributed by atoms with Gasteiger partial charge in [-0.15, -0.1) is 11.3 Å². The van der Waals surface area contributed by atoms with Crippen LogP contribution >= 0.6 is 11.3 Å². The molecule has 168 valence electrons. The minimum Gasteiger partial charge on any atom is -0.464 e. The van der Waals surface area contributed by atoms with E-state index in [1.807, 2.05) is 0 Å². The summed E-state index contributed by atoms with van der Waals surface area (Å²) in [6.07, 6.45) is 1.47. The van der Waals surface area contributed by atoms with Gasteiger partial charge in [-0.05, 0) is 45.4 Å². The summed E-state index contributed by atoms with van der Waals surface area (Å²) in [5.74, 6) is -1.73. The first-order chi connectivity index (χ1) is 15.2. The van der Waals surface area contributed by atoms with Gasteiger partial charge in [0.05, 0.1) is 12.9 Å². The van der Waals surface area contributed by atoms with Crippen molar-refractivity contribution in [3.05, 3.63) is 51.9 Å². The number of ether oxygens (including phenoxy) is 2. The number of ketones is 1. The summed E-state index contributed by atoms with van der Waals surface area (Å²) in [6.45, 7) is 5.97. The molecule has 0 saturated carbocycles. The number of carbonyl (C=O) groups is 4. The minimum atomic E-state index is -0.763. The maximum Gasteiger partial charge on any atom is 0.355 e. The Hall–Kier alpha value is -3.66. The van der Waals surface area contributed by atoms with Crippen LogP contribution in [0.2, 0.25) is 0 Å². The first-order valence-corrected chi connectivity index (χ1v) is 10.6. The largest absolute Gasteiger partial charge is 0.464 e. The first-order valence-electron chi connectivity index (χ1n) is 9.74. The van der Waals surface area contributed by atoms with Gasteiger partial charge in [-0.3, -0.25) is 9.59 Å². The van der Waals surface area contributed by atoms with Crippen molar-refractivity contribution in [2.24, 2.45) is 0 Å². The summed E-state index contributed by atoms with van der Waals surface area (Å²) in [5.41, 5.74) is 2.20. The van der Waals surface area contributed by atoms with E-state index in [9.17, 15) is 19.2 Å². The predicted octanol–water partition coefficient (Wildman–Crippen LogP) is 4.13. The molecular formula is C22H22N2O7S. The fraction of sp³-hybridized carbons (Fsp3) is 0.273. The summed E-state index contributed by atoms with van der Waals surface area (Å²) in [5, 5.41) is 4.50. The summed E-state index contributed by atoms with van der Waals surface area (Å²) in [7, 11) is 0. The number of rotatable bonds is 8.